The number of hydrogen-bond donors (Lipinski definition) is 0. The van der Waals surface area contributed by atoms with Crippen LogP contribution in [0.2, 0.25) is 0 Å². The number of benzene rings is 8. The number of para-hydroxylation sites is 1. The van der Waals surface area contributed by atoms with Gasteiger partial charge in [-0.3, -0.25) is 0 Å². The van der Waals surface area contributed by atoms with Crippen LogP contribution in [0.1, 0.15) is 101 Å². The number of rotatable bonds is 6. The molecule has 0 bridgehead atoms. The van der Waals surface area contributed by atoms with Gasteiger partial charge in [0.1, 0.15) is 11.2 Å². The maximum Gasteiger partial charge on any atom is 0.137 e. The molecule has 63 heavy (non-hydrogen) atoms. The molecular formula is C61H57NO. The van der Waals surface area contributed by atoms with Crippen molar-refractivity contribution >= 4 is 39.0 Å². The highest BCUT2D eigenvalue weighted by Gasteiger charge is 2.47. The average molecular weight is 820 g/mol. The molecule has 312 valence electrons. The van der Waals surface area contributed by atoms with Gasteiger partial charge < -0.3 is 9.32 Å². The predicted octanol–water partition coefficient (Wildman–Crippen LogP) is 17.0. The molecule has 8 aromatic carbocycles. The smallest absolute Gasteiger partial charge is 0.137 e. The van der Waals surface area contributed by atoms with Crippen molar-refractivity contribution in [3.05, 3.63) is 221 Å². The van der Waals surface area contributed by atoms with Gasteiger partial charge >= 0.3 is 0 Å². The Balaban J connectivity index is 1.30. The predicted molar refractivity (Wildman–Crippen MR) is 267 cm³/mol. The number of furan rings is 1. The molecular weight excluding hydrogens is 763 g/mol. The Labute approximate surface area is 373 Å². The lowest BCUT2D eigenvalue weighted by Crippen LogP contribution is -2.30. The van der Waals surface area contributed by atoms with E-state index < -0.39 is 5.41 Å². The van der Waals surface area contributed by atoms with Crippen molar-refractivity contribution in [1.82, 2.24) is 0 Å². The van der Waals surface area contributed by atoms with Gasteiger partial charge in [-0.25, -0.2) is 0 Å². The Hall–Kier alpha value is -6.64. The molecule has 0 N–H and O–H groups in total. The van der Waals surface area contributed by atoms with Crippen molar-refractivity contribution in [2.75, 3.05) is 4.90 Å². The SMILES string of the molecule is CC(C)(C)c1cccc(C2(c3cccc(C(C)(C)C)c3)c3ccccc3-c3ccc(N(c4ccc5c(c4)oc4ccccc45)c4ccc(C(C)(C)C)cc4-c4ccccc4)cc32)c1. The summed E-state index contributed by atoms with van der Waals surface area (Å²) in [5.41, 5.74) is 18.2. The highest BCUT2D eigenvalue weighted by molar-refractivity contribution is 6.06. The fraction of sp³-hybridized carbons (Fsp3) is 0.213. The lowest BCUT2D eigenvalue weighted by atomic mass is 9.66. The summed E-state index contributed by atoms with van der Waals surface area (Å²) in [6.45, 7) is 20.8. The number of nitrogens with zero attached hydrogens (tertiary/aromatic N) is 1. The Morgan fingerprint density at radius 3 is 1.62 bits per heavy atom. The van der Waals surface area contributed by atoms with Gasteiger partial charge in [0, 0.05) is 33.8 Å². The summed E-state index contributed by atoms with van der Waals surface area (Å²) in [5, 5.41) is 2.24. The van der Waals surface area contributed by atoms with Crippen LogP contribution in [-0.4, -0.2) is 0 Å². The molecule has 0 saturated carbocycles. The van der Waals surface area contributed by atoms with Gasteiger partial charge in [0.05, 0.1) is 11.1 Å². The summed E-state index contributed by atoms with van der Waals surface area (Å²) in [5.74, 6) is 0. The first kappa shape index (κ1) is 40.4. The highest BCUT2D eigenvalue weighted by atomic mass is 16.3. The number of anilines is 3. The van der Waals surface area contributed by atoms with E-state index in [1.165, 1.54) is 61.2 Å². The Bertz CT molecular complexity index is 3120. The van der Waals surface area contributed by atoms with Crippen molar-refractivity contribution in [3.63, 3.8) is 0 Å². The zero-order chi connectivity index (χ0) is 43.9. The van der Waals surface area contributed by atoms with Gasteiger partial charge in [0.15, 0.2) is 0 Å². The minimum absolute atomic E-state index is 0.0353. The molecule has 0 unspecified atom stereocenters. The molecule has 1 aliphatic rings. The van der Waals surface area contributed by atoms with Crippen LogP contribution in [-0.2, 0) is 21.7 Å². The number of fused-ring (bicyclic) bond motifs is 6. The topological polar surface area (TPSA) is 16.4 Å². The van der Waals surface area contributed by atoms with Crippen molar-refractivity contribution in [1.29, 1.82) is 0 Å². The van der Waals surface area contributed by atoms with E-state index in [9.17, 15) is 0 Å². The molecule has 0 saturated heterocycles. The van der Waals surface area contributed by atoms with Crippen molar-refractivity contribution in [3.8, 4) is 22.3 Å². The molecule has 10 rings (SSSR count). The third-order valence-electron chi connectivity index (χ3n) is 13.4. The standard InChI is InChI=1S/C61H57NO/c1-58(2,3)41-21-17-23-44(35-41)61(45-24-18-22-42(36-45)59(4,5)6)53-27-15-13-25-48(53)49-32-30-46(38-54(49)61)62(47-31-33-51-50-26-14-16-28-56(50)63-57(51)39-47)55-34-29-43(60(7,8)9)37-52(55)40-19-11-10-12-20-40/h10-39H,1-9H3. The van der Waals surface area contributed by atoms with Crippen LogP contribution in [0.15, 0.2) is 186 Å². The first-order chi connectivity index (χ1) is 30.1. The molecule has 0 aliphatic heterocycles. The normalized spacial score (nSPS) is 13.6. The summed E-state index contributed by atoms with van der Waals surface area (Å²) >= 11 is 0. The monoisotopic (exact) mass is 819 g/mol. The first-order valence-corrected chi connectivity index (χ1v) is 22.5. The second-order valence-electron chi connectivity index (χ2n) is 20.6. The second kappa shape index (κ2) is 14.7. The third kappa shape index (κ3) is 6.79. The summed E-state index contributed by atoms with van der Waals surface area (Å²) in [6, 6.07) is 68.1. The lowest BCUT2D eigenvalue weighted by molar-refractivity contribution is 0.585. The molecule has 0 radical (unpaired) electrons. The molecule has 2 nitrogen and oxygen atoms in total. The van der Waals surface area contributed by atoms with Gasteiger partial charge in [0.25, 0.3) is 0 Å². The molecule has 0 spiro atoms. The van der Waals surface area contributed by atoms with E-state index in [4.69, 9.17) is 4.42 Å². The summed E-state index contributed by atoms with van der Waals surface area (Å²) in [6.07, 6.45) is 0. The molecule has 0 amide bonds. The quantitative estimate of drug-likeness (QED) is 0.166. The van der Waals surface area contributed by atoms with Crippen molar-refractivity contribution in [2.24, 2.45) is 0 Å². The molecule has 0 atom stereocenters. The van der Waals surface area contributed by atoms with Gasteiger partial charge in [-0.15, -0.1) is 0 Å². The lowest BCUT2D eigenvalue weighted by Gasteiger charge is -2.37. The maximum absolute atomic E-state index is 6.61. The first-order valence-electron chi connectivity index (χ1n) is 22.5. The van der Waals surface area contributed by atoms with Crippen LogP contribution < -0.4 is 4.90 Å². The van der Waals surface area contributed by atoms with Crippen LogP contribution >= 0.6 is 0 Å². The van der Waals surface area contributed by atoms with E-state index in [1.54, 1.807) is 0 Å². The Morgan fingerprint density at radius 1 is 0.381 bits per heavy atom. The highest BCUT2D eigenvalue weighted by Crippen LogP contribution is 2.58. The van der Waals surface area contributed by atoms with E-state index in [2.05, 4.69) is 243 Å². The zero-order valence-corrected chi connectivity index (χ0v) is 38.2. The number of hydrogen-bond acceptors (Lipinski definition) is 2. The van der Waals surface area contributed by atoms with Crippen LogP contribution in [0.25, 0.3) is 44.2 Å². The van der Waals surface area contributed by atoms with Crippen LogP contribution in [0.3, 0.4) is 0 Å². The zero-order valence-electron chi connectivity index (χ0n) is 38.2. The van der Waals surface area contributed by atoms with Crippen molar-refractivity contribution < 1.29 is 4.42 Å². The molecule has 1 heterocycles. The second-order valence-corrected chi connectivity index (χ2v) is 20.6. The Kier molecular flexibility index (Phi) is 9.46. The van der Waals surface area contributed by atoms with E-state index >= 15 is 0 Å². The summed E-state index contributed by atoms with van der Waals surface area (Å²) in [7, 11) is 0. The molecule has 2 heteroatoms. The average Bonchev–Trinajstić information content (AvgIpc) is 3.79. The van der Waals surface area contributed by atoms with E-state index in [0.29, 0.717) is 0 Å². The van der Waals surface area contributed by atoms with Crippen LogP contribution in [0.5, 0.6) is 0 Å². The Morgan fingerprint density at radius 2 is 0.937 bits per heavy atom. The van der Waals surface area contributed by atoms with E-state index in [1.807, 2.05) is 6.07 Å². The molecule has 9 aromatic rings. The van der Waals surface area contributed by atoms with Gasteiger partial charge in [-0.1, -0.05) is 196 Å². The fourth-order valence-electron chi connectivity index (χ4n) is 9.96. The minimum atomic E-state index is -0.600. The van der Waals surface area contributed by atoms with Crippen LogP contribution in [0.4, 0.5) is 17.1 Å². The van der Waals surface area contributed by atoms with E-state index in [-0.39, 0.29) is 16.2 Å². The van der Waals surface area contributed by atoms with Crippen molar-refractivity contribution in [2.45, 2.75) is 84.0 Å². The summed E-state index contributed by atoms with van der Waals surface area (Å²) in [4.78, 5) is 2.46. The summed E-state index contributed by atoms with van der Waals surface area (Å²) < 4.78 is 6.61. The molecule has 0 fully saturated rings. The van der Waals surface area contributed by atoms with Crippen LogP contribution in [0, 0.1) is 0 Å². The largest absolute Gasteiger partial charge is 0.456 e. The molecule has 1 aliphatic carbocycles. The molecule has 1 aromatic heterocycles. The third-order valence-corrected chi connectivity index (χ3v) is 13.4. The minimum Gasteiger partial charge on any atom is -0.456 e. The maximum atomic E-state index is 6.61. The fourth-order valence-corrected chi connectivity index (χ4v) is 9.96. The van der Waals surface area contributed by atoms with Gasteiger partial charge in [0.2, 0.25) is 0 Å². The van der Waals surface area contributed by atoms with E-state index in [0.717, 1.165) is 39.0 Å². The van der Waals surface area contributed by atoms with Gasteiger partial charge in [-0.05, 0) is 114 Å². The van der Waals surface area contributed by atoms with Gasteiger partial charge in [-0.2, -0.15) is 0 Å².